The standard InChI is InChI=1S/C17H16ClNO3/c18-13-7-9-14(10-8-13)21-12-4-3-11-19-15-5-1-2-6-16(15)22-17(19)20/h1-2,5-10H,3-4,11-12H2. The first-order valence-corrected chi connectivity index (χ1v) is 7.58. The number of hydrogen-bond acceptors (Lipinski definition) is 3. The second-order valence-electron chi connectivity index (χ2n) is 5.00. The van der Waals surface area contributed by atoms with E-state index in [1.807, 2.05) is 30.3 Å². The quantitative estimate of drug-likeness (QED) is 0.643. The van der Waals surface area contributed by atoms with Crippen LogP contribution < -0.4 is 10.5 Å². The smallest absolute Gasteiger partial charge is 0.419 e. The van der Waals surface area contributed by atoms with Crippen LogP contribution in [0.5, 0.6) is 5.75 Å². The largest absolute Gasteiger partial charge is 0.494 e. The number of ether oxygens (including phenoxy) is 1. The molecule has 0 radical (unpaired) electrons. The van der Waals surface area contributed by atoms with Crippen molar-refractivity contribution in [1.82, 2.24) is 4.57 Å². The molecule has 5 heteroatoms. The molecule has 0 unspecified atom stereocenters. The predicted octanol–water partition coefficient (Wildman–Crippen LogP) is 4.11. The summed E-state index contributed by atoms with van der Waals surface area (Å²) in [6.45, 7) is 1.23. The summed E-state index contributed by atoms with van der Waals surface area (Å²) >= 11 is 5.82. The fraction of sp³-hybridized carbons (Fsp3) is 0.235. The fourth-order valence-electron chi connectivity index (χ4n) is 2.32. The highest BCUT2D eigenvalue weighted by Gasteiger charge is 2.07. The van der Waals surface area contributed by atoms with Crippen LogP contribution >= 0.6 is 11.6 Å². The van der Waals surface area contributed by atoms with E-state index in [1.165, 1.54) is 0 Å². The summed E-state index contributed by atoms with van der Waals surface area (Å²) in [5.41, 5.74) is 1.47. The Bertz CT molecular complexity index is 805. The Hall–Kier alpha value is -2.20. The molecule has 0 bridgehead atoms. The second-order valence-corrected chi connectivity index (χ2v) is 5.43. The number of aryl methyl sites for hydroxylation is 1. The van der Waals surface area contributed by atoms with Crippen molar-refractivity contribution in [3.63, 3.8) is 0 Å². The maximum absolute atomic E-state index is 11.8. The van der Waals surface area contributed by atoms with Gasteiger partial charge in [-0.25, -0.2) is 4.79 Å². The van der Waals surface area contributed by atoms with Crippen LogP contribution in [0.15, 0.2) is 57.7 Å². The topological polar surface area (TPSA) is 44.4 Å². The summed E-state index contributed by atoms with van der Waals surface area (Å²) in [4.78, 5) is 11.8. The molecule has 114 valence electrons. The lowest BCUT2D eigenvalue weighted by Gasteiger charge is -2.06. The lowest BCUT2D eigenvalue weighted by molar-refractivity contribution is 0.302. The molecule has 2 aromatic carbocycles. The molecule has 3 rings (SSSR count). The van der Waals surface area contributed by atoms with Gasteiger partial charge in [-0.3, -0.25) is 4.57 Å². The number of hydrogen-bond donors (Lipinski definition) is 0. The molecule has 0 spiro atoms. The van der Waals surface area contributed by atoms with Crippen LogP contribution in [0, 0.1) is 0 Å². The molecule has 0 atom stereocenters. The van der Waals surface area contributed by atoms with Gasteiger partial charge in [0.05, 0.1) is 12.1 Å². The summed E-state index contributed by atoms with van der Waals surface area (Å²) in [5.74, 6) is 0.496. The Morgan fingerprint density at radius 2 is 1.82 bits per heavy atom. The predicted molar refractivity (Wildman–Crippen MR) is 86.7 cm³/mol. The minimum absolute atomic E-state index is 0.306. The van der Waals surface area contributed by atoms with Crippen molar-refractivity contribution in [2.75, 3.05) is 6.61 Å². The van der Waals surface area contributed by atoms with Crippen molar-refractivity contribution in [1.29, 1.82) is 0 Å². The van der Waals surface area contributed by atoms with Crippen LogP contribution in [-0.2, 0) is 6.54 Å². The van der Waals surface area contributed by atoms with Crippen molar-refractivity contribution in [3.05, 3.63) is 64.1 Å². The number of fused-ring (bicyclic) bond motifs is 1. The lowest BCUT2D eigenvalue weighted by Crippen LogP contribution is -2.14. The molecule has 0 N–H and O–H groups in total. The summed E-state index contributed by atoms with van der Waals surface area (Å²) in [6, 6.07) is 14.7. The monoisotopic (exact) mass is 317 g/mol. The van der Waals surface area contributed by atoms with Crippen molar-refractivity contribution < 1.29 is 9.15 Å². The van der Waals surface area contributed by atoms with E-state index < -0.39 is 0 Å². The molecular formula is C17H16ClNO3. The zero-order chi connectivity index (χ0) is 15.4. The minimum atomic E-state index is -0.306. The maximum Gasteiger partial charge on any atom is 0.419 e. The summed E-state index contributed by atoms with van der Waals surface area (Å²) in [7, 11) is 0. The van der Waals surface area contributed by atoms with E-state index in [0.717, 1.165) is 24.1 Å². The van der Waals surface area contributed by atoms with E-state index in [1.54, 1.807) is 22.8 Å². The van der Waals surface area contributed by atoms with Gasteiger partial charge in [0.1, 0.15) is 5.75 Å². The van der Waals surface area contributed by atoms with Gasteiger partial charge in [-0.2, -0.15) is 0 Å². The van der Waals surface area contributed by atoms with Crippen LogP contribution in [0.25, 0.3) is 11.1 Å². The molecule has 0 fully saturated rings. The fourth-order valence-corrected chi connectivity index (χ4v) is 2.44. The van der Waals surface area contributed by atoms with Gasteiger partial charge >= 0.3 is 5.76 Å². The number of para-hydroxylation sites is 2. The highest BCUT2D eigenvalue weighted by atomic mass is 35.5. The normalized spacial score (nSPS) is 11.0. The average Bonchev–Trinajstić information content (AvgIpc) is 2.85. The van der Waals surface area contributed by atoms with Crippen molar-refractivity contribution >= 4 is 22.7 Å². The Labute approximate surface area is 132 Å². The van der Waals surface area contributed by atoms with Gasteiger partial charge in [-0.1, -0.05) is 23.7 Å². The third kappa shape index (κ3) is 3.34. The first-order valence-electron chi connectivity index (χ1n) is 7.21. The molecule has 0 aliphatic heterocycles. The molecule has 3 aromatic rings. The van der Waals surface area contributed by atoms with E-state index in [9.17, 15) is 4.79 Å². The van der Waals surface area contributed by atoms with Gasteiger partial charge in [0.15, 0.2) is 5.58 Å². The summed E-state index contributed by atoms with van der Waals surface area (Å²) in [6.07, 6.45) is 1.70. The van der Waals surface area contributed by atoms with Gasteiger partial charge in [0.2, 0.25) is 0 Å². The Morgan fingerprint density at radius 1 is 1.05 bits per heavy atom. The van der Waals surface area contributed by atoms with Gasteiger partial charge in [-0.15, -0.1) is 0 Å². The number of unbranched alkanes of at least 4 members (excludes halogenated alkanes) is 1. The number of oxazole rings is 1. The Kier molecular flexibility index (Phi) is 4.49. The molecule has 4 nitrogen and oxygen atoms in total. The van der Waals surface area contributed by atoms with Crippen molar-refractivity contribution in [3.8, 4) is 5.75 Å². The third-order valence-corrected chi connectivity index (χ3v) is 3.68. The van der Waals surface area contributed by atoms with Crippen LogP contribution in [-0.4, -0.2) is 11.2 Å². The van der Waals surface area contributed by atoms with Crippen LogP contribution in [0.3, 0.4) is 0 Å². The number of aromatic nitrogens is 1. The van der Waals surface area contributed by atoms with E-state index >= 15 is 0 Å². The molecule has 1 aromatic heterocycles. The minimum Gasteiger partial charge on any atom is -0.494 e. The van der Waals surface area contributed by atoms with Gasteiger partial charge in [-0.05, 0) is 49.2 Å². The van der Waals surface area contributed by atoms with E-state index in [-0.39, 0.29) is 5.76 Å². The SMILES string of the molecule is O=c1oc2ccccc2n1CCCCOc1ccc(Cl)cc1. The second kappa shape index (κ2) is 6.71. The number of benzene rings is 2. The zero-order valence-electron chi connectivity index (χ0n) is 12.0. The summed E-state index contributed by atoms with van der Waals surface area (Å²) < 4.78 is 12.5. The molecule has 0 amide bonds. The molecule has 0 saturated carbocycles. The number of halogens is 1. The molecular weight excluding hydrogens is 302 g/mol. The molecule has 22 heavy (non-hydrogen) atoms. The highest BCUT2D eigenvalue weighted by molar-refractivity contribution is 6.30. The summed E-state index contributed by atoms with van der Waals surface area (Å²) in [5, 5.41) is 0.693. The van der Waals surface area contributed by atoms with Crippen molar-refractivity contribution in [2.24, 2.45) is 0 Å². The van der Waals surface area contributed by atoms with E-state index in [0.29, 0.717) is 23.8 Å². The van der Waals surface area contributed by atoms with E-state index in [2.05, 4.69) is 0 Å². The Balaban J connectivity index is 1.51. The maximum atomic E-state index is 11.8. The molecule has 0 aliphatic carbocycles. The van der Waals surface area contributed by atoms with Crippen LogP contribution in [0.1, 0.15) is 12.8 Å². The van der Waals surface area contributed by atoms with Gasteiger partial charge in [0.25, 0.3) is 0 Å². The van der Waals surface area contributed by atoms with Crippen LogP contribution in [0.4, 0.5) is 0 Å². The highest BCUT2D eigenvalue weighted by Crippen LogP contribution is 2.16. The first-order chi connectivity index (χ1) is 10.7. The van der Waals surface area contributed by atoms with E-state index in [4.69, 9.17) is 20.8 Å². The molecule has 0 saturated heterocycles. The van der Waals surface area contributed by atoms with Gasteiger partial charge < -0.3 is 9.15 Å². The molecule has 1 heterocycles. The zero-order valence-corrected chi connectivity index (χ0v) is 12.8. The average molecular weight is 318 g/mol. The van der Waals surface area contributed by atoms with Crippen molar-refractivity contribution in [2.45, 2.75) is 19.4 Å². The lowest BCUT2D eigenvalue weighted by atomic mass is 10.3. The van der Waals surface area contributed by atoms with Crippen LogP contribution in [0.2, 0.25) is 5.02 Å². The first kappa shape index (κ1) is 14.7. The molecule has 0 aliphatic rings. The Morgan fingerprint density at radius 3 is 2.64 bits per heavy atom. The third-order valence-electron chi connectivity index (χ3n) is 3.43. The number of rotatable bonds is 6. The number of nitrogens with zero attached hydrogens (tertiary/aromatic N) is 1. The van der Waals surface area contributed by atoms with Gasteiger partial charge in [0, 0.05) is 11.6 Å².